The maximum absolute atomic E-state index is 12.2. The number of imidazole rings is 1. The number of halogens is 2. The number of amides is 2. The molecule has 1 aromatic heterocycles. The number of rotatable bonds is 3. The van der Waals surface area contributed by atoms with Crippen molar-refractivity contribution in [3.63, 3.8) is 0 Å². The standard InChI is InChI=1S/C12H16Cl2N4O3/c1-5(2)17-9(19)10(20)18(6(3)4)12(17,21)11-15-7(13)8(14)16-11/h5-6,21H,1-4H3,(H,15,16). The lowest BCUT2D eigenvalue weighted by atomic mass is 10.2. The highest BCUT2D eigenvalue weighted by Gasteiger charge is 2.60. The molecule has 2 N–H and O–H groups in total. The van der Waals surface area contributed by atoms with Crippen LogP contribution in [0, 0.1) is 0 Å². The van der Waals surface area contributed by atoms with Gasteiger partial charge in [0.05, 0.1) is 0 Å². The molecule has 9 heteroatoms. The van der Waals surface area contributed by atoms with Gasteiger partial charge in [-0.25, -0.2) is 4.98 Å². The Morgan fingerprint density at radius 2 is 1.52 bits per heavy atom. The molecule has 21 heavy (non-hydrogen) atoms. The van der Waals surface area contributed by atoms with E-state index < -0.39 is 29.7 Å². The summed E-state index contributed by atoms with van der Waals surface area (Å²) >= 11 is 11.6. The first-order valence-corrected chi connectivity index (χ1v) is 7.18. The van der Waals surface area contributed by atoms with Gasteiger partial charge in [-0.2, -0.15) is 0 Å². The monoisotopic (exact) mass is 334 g/mol. The van der Waals surface area contributed by atoms with Gasteiger partial charge in [-0.05, 0) is 27.7 Å². The number of aliphatic hydroxyl groups is 1. The van der Waals surface area contributed by atoms with Crippen LogP contribution in [0.15, 0.2) is 0 Å². The molecule has 2 rings (SSSR count). The number of hydrogen-bond acceptors (Lipinski definition) is 4. The largest absolute Gasteiger partial charge is 0.348 e. The predicted octanol–water partition coefficient (Wildman–Crippen LogP) is 1.31. The quantitative estimate of drug-likeness (QED) is 0.815. The molecule has 2 heterocycles. The topological polar surface area (TPSA) is 89.5 Å². The fourth-order valence-corrected chi connectivity index (χ4v) is 2.78. The van der Waals surface area contributed by atoms with E-state index in [4.69, 9.17) is 23.2 Å². The van der Waals surface area contributed by atoms with Crippen molar-refractivity contribution in [3.05, 3.63) is 16.1 Å². The van der Waals surface area contributed by atoms with Crippen molar-refractivity contribution >= 4 is 35.0 Å². The van der Waals surface area contributed by atoms with Crippen LogP contribution in [0.2, 0.25) is 10.3 Å². The van der Waals surface area contributed by atoms with Gasteiger partial charge in [0.15, 0.2) is 11.0 Å². The van der Waals surface area contributed by atoms with Crippen LogP contribution in [0.3, 0.4) is 0 Å². The van der Waals surface area contributed by atoms with Gasteiger partial charge in [0.2, 0.25) is 0 Å². The van der Waals surface area contributed by atoms with E-state index in [-0.39, 0.29) is 16.1 Å². The highest BCUT2D eigenvalue weighted by atomic mass is 35.5. The second kappa shape index (κ2) is 5.15. The Kier molecular flexibility index (Phi) is 3.94. The van der Waals surface area contributed by atoms with Gasteiger partial charge in [-0.1, -0.05) is 23.2 Å². The molecule has 0 aromatic carbocycles. The zero-order valence-corrected chi connectivity index (χ0v) is 13.5. The van der Waals surface area contributed by atoms with Crippen LogP contribution in [0.1, 0.15) is 33.5 Å². The summed E-state index contributed by atoms with van der Waals surface area (Å²) < 4.78 is 0. The molecule has 0 atom stereocenters. The summed E-state index contributed by atoms with van der Waals surface area (Å²) in [5, 5.41) is 11.1. The molecule has 2 amide bonds. The summed E-state index contributed by atoms with van der Waals surface area (Å²) in [6.07, 6.45) is 0. The molecule has 7 nitrogen and oxygen atoms in total. The molecule has 116 valence electrons. The van der Waals surface area contributed by atoms with Crippen LogP contribution in [0.25, 0.3) is 0 Å². The summed E-state index contributed by atoms with van der Waals surface area (Å²) in [4.78, 5) is 33.1. The minimum Gasteiger partial charge on any atom is -0.348 e. The first kappa shape index (κ1) is 16.1. The average molecular weight is 335 g/mol. The van der Waals surface area contributed by atoms with Crippen LogP contribution in [-0.4, -0.2) is 48.8 Å². The second-order valence-corrected chi connectivity index (χ2v) is 6.10. The van der Waals surface area contributed by atoms with E-state index in [2.05, 4.69) is 9.97 Å². The molecule has 1 aliphatic rings. The number of aromatic nitrogens is 2. The number of carbonyl (C=O) groups excluding carboxylic acids is 2. The number of carbonyl (C=O) groups is 2. The molecule has 1 aliphatic heterocycles. The fourth-order valence-electron chi connectivity index (χ4n) is 2.51. The Hall–Kier alpha value is -1.31. The van der Waals surface area contributed by atoms with Gasteiger partial charge in [-0.15, -0.1) is 0 Å². The van der Waals surface area contributed by atoms with Gasteiger partial charge >= 0.3 is 11.8 Å². The highest BCUT2D eigenvalue weighted by molar-refractivity contribution is 6.40. The predicted molar refractivity (Wildman–Crippen MR) is 76.5 cm³/mol. The molecule has 0 radical (unpaired) electrons. The van der Waals surface area contributed by atoms with E-state index >= 15 is 0 Å². The summed E-state index contributed by atoms with van der Waals surface area (Å²) in [6.45, 7) is 6.75. The van der Waals surface area contributed by atoms with E-state index in [1.54, 1.807) is 27.7 Å². The van der Waals surface area contributed by atoms with Crippen LogP contribution in [0.4, 0.5) is 0 Å². The van der Waals surface area contributed by atoms with Crippen LogP contribution >= 0.6 is 23.2 Å². The lowest BCUT2D eigenvalue weighted by Crippen LogP contribution is -2.56. The molecule has 0 unspecified atom stereocenters. The van der Waals surface area contributed by atoms with Gasteiger partial charge < -0.3 is 10.1 Å². The summed E-state index contributed by atoms with van der Waals surface area (Å²) in [5.74, 6) is -3.72. The van der Waals surface area contributed by atoms with E-state index in [0.29, 0.717) is 0 Å². The van der Waals surface area contributed by atoms with Gasteiger partial charge in [-0.3, -0.25) is 19.4 Å². The van der Waals surface area contributed by atoms with E-state index in [1.807, 2.05) is 0 Å². The molecular formula is C12H16Cl2N4O3. The van der Waals surface area contributed by atoms with Gasteiger partial charge in [0.25, 0.3) is 5.85 Å². The molecule has 1 fully saturated rings. The smallest absolute Gasteiger partial charge is 0.316 e. The minimum absolute atomic E-state index is 0.0271. The third-order valence-electron chi connectivity index (χ3n) is 3.26. The van der Waals surface area contributed by atoms with Crippen molar-refractivity contribution in [1.29, 1.82) is 0 Å². The maximum Gasteiger partial charge on any atom is 0.316 e. The van der Waals surface area contributed by atoms with E-state index in [0.717, 1.165) is 9.80 Å². The number of hydrogen-bond donors (Lipinski definition) is 2. The minimum atomic E-state index is -2.05. The van der Waals surface area contributed by atoms with Crippen molar-refractivity contribution in [1.82, 2.24) is 19.8 Å². The third kappa shape index (κ3) is 2.20. The number of nitrogens with zero attached hydrogens (tertiary/aromatic N) is 3. The van der Waals surface area contributed by atoms with Crippen molar-refractivity contribution in [2.45, 2.75) is 45.6 Å². The van der Waals surface area contributed by atoms with Gasteiger partial charge in [0.1, 0.15) is 5.15 Å². The first-order chi connectivity index (χ1) is 9.62. The SMILES string of the molecule is CC(C)N1C(=O)C(=O)N(C(C)C)C1(O)c1nc(Cl)c(Cl)[nH]1. The van der Waals surface area contributed by atoms with Crippen molar-refractivity contribution in [2.75, 3.05) is 0 Å². The molecule has 0 bridgehead atoms. The Morgan fingerprint density at radius 3 is 1.81 bits per heavy atom. The molecule has 0 spiro atoms. The Bertz CT molecular complexity index is 554. The summed E-state index contributed by atoms with van der Waals surface area (Å²) in [5.41, 5.74) is 0. The molecule has 1 saturated heterocycles. The molecule has 0 aliphatic carbocycles. The number of H-pyrrole nitrogens is 1. The number of aromatic amines is 1. The summed E-state index contributed by atoms with van der Waals surface area (Å²) in [6, 6.07) is -0.865. The van der Waals surface area contributed by atoms with Crippen LogP contribution in [0.5, 0.6) is 0 Å². The second-order valence-electron chi connectivity index (χ2n) is 5.36. The van der Waals surface area contributed by atoms with Crippen molar-refractivity contribution in [3.8, 4) is 0 Å². The Labute approximate surface area is 131 Å². The molecule has 1 aromatic rings. The van der Waals surface area contributed by atoms with Crippen molar-refractivity contribution < 1.29 is 14.7 Å². The zero-order chi connectivity index (χ0) is 16.1. The van der Waals surface area contributed by atoms with E-state index in [1.165, 1.54) is 0 Å². The normalized spacial score (nSPS) is 18.5. The van der Waals surface area contributed by atoms with Crippen LogP contribution in [-0.2, 0) is 15.4 Å². The Balaban J connectivity index is 2.67. The molecule has 0 saturated carbocycles. The first-order valence-electron chi connectivity index (χ1n) is 6.43. The highest BCUT2D eigenvalue weighted by Crippen LogP contribution is 2.39. The lowest BCUT2D eigenvalue weighted by Gasteiger charge is -2.40. The zero-order valence-electron chi connectivity index (χ0n) is 12.0. The average Bonchev–Trinajstić information content (AvgIpc) is 2.78. The van der Waals surface area contributed by atoms with E-state index in [9.17, 15) is 14.7 Å². The Morgan fingerprint density at radius 1 is 1.10 bits per heavy atom. The lowest BCUT2D eigenvalue weighted by molar-refractivity contribution is -0.208. The maximum atomic E-state index is 12.2. The summed E-state index contributed by atoms with van der Waals surface area (Å²) in [7, 11) is 0. The fraction of sp³-hybridized carbons (Fsp3) is 0.583. The van der Waals surface area contributed by atoms with Crippen LogP contribution < -0.4 is 0 Å². The van der Waals surface area contributed by atoms with Gasteiger partial charge in [0, 0.05) is 12.1 Å². The number of nitrogens with one attached hydrogen (secondary N) is 1. The van der Waals surface area contributed by atoms with Crippen molar-refractivity contribution in [2.24, 2.45) is 0 Å². The molecular weight excluding hydrogens is 319 g/mol. The third-order valence-corrected chi connectivity index (χ3v) is 3.91.